The van der Waals surface area contributed by atoms with Gasteiger partial charge in [0.25, 0.3) is 0 Å². The Labute approximate surface area is 118 Å². The number of nitrogens with zero attached hydrogens (tertiary/aromatic N) is 1. The third kappa shape index (κ3) is 2.71. The van der Waals surface area contributed by atoms with Gasteiger partial charge < -0.3 is 4.90 Å². The number of benzene rings is 1. The van der Waals surface area contributed by atoms with Crippen LogP contribution in [0.1, 0.15) is 12.0 Å². The summed E-state index contributed by atoms with van der Waals surface area (Å²) in [5, 5.41) is 0. The van der Waals surface area contributed by atoms with Crippen molar-refractivity contribution in [1.82, 2.24) is 0 Å². The fraction of sp³-hybridized carbons (Fsp3) is 0.364. The molecule has 0 bridgehead atoms. The number of halogens is 5. The highest BCUT2D eigenvalue weighted by molar-refractivity contribution is 9.10. The van der Waals surface area contributed by atoms with Crippen LogP contribution in [0.3, 0.4) is 0 Å². The molecule has 1 atom stereocenters. The average Bonchev–Trinajstić information content (AvgIpc) is 2.56. The highest BCUT2D eigenvalue weighted by Gasteiger charge is 2.33. The second kappa shape index (κ2) is 4.85. The van der Waals surface area contributed by atoms with Crippen LogP contribution < -0.4 is 4.90 Å². The van der Waals surface area contributed by atoms with E-state index in [1.165, 1.54) is 11.0 Å². The van der Waals surface area contributed by atoms with Crippen LogP contribution in [0.5, 0.6) is 0 Å². The Morgan fingerprint density at radius 2 is 2.00 bits per heavy atom. The quantitative estimate of drug-likeness (QED) is 0.669. The molecule has 7 heteroatoms. The minimum absolute atomic E-state index is 0.0409. The molecule has 98 valence electrons. The number of carbonyl (C=O) groups is 1. The van der Waals surface area contributed by atoms with Crippen LogP contribution in [0, 0.1) is 0 Å². The number of hydrogen-bond donors (Lipinski definition) is 0. The van der Waals surface area contributed by atoms with E-state index in [9.17, 15) is 18.0 Å². The molecule has 1 aromatic rings. The van der Waals surface area contributed by atoms with Gasteiger partial charge in [-0.15, -0.1) is 0 Å². The van der Waals surface area contributed by atoms with Crippen molar-refractivity contribution in [2.75, 3.05) is 11.4 Å². The zero-order chi connectivity index (χ0) is 13.5. The Kier molecular flexibility index (Phi) is 3.73. The van der Waals surface area contributed by atoms with Gasteiger partial charge in [-0.25, -0.2) is 0 Å². The second-order valence-corrected chi connectivity index (χ2v) is 6.12. The topological polar surface area (TPSA) is 20.3 Å². The van der Waals surface area contributed by atoms with Gasteiger partial charge in [-0.2, -0.15) is 13.2 Å². The molecule has 1 heterocycles. The lowest BCUT2D eigenvalue weighted by Gasteiger charge is -2.19. The molecule has 0 saturated carbocycles. The van der Waals surface area contributed by atoms with E-state index in [0.717, 1.165) is 12.1 Å². The standard InChI is InChI=1S/C11H8Br2F3NO/c12-7-4-10(18)17(5-7)9-2-1-6(3-8(9)13)11(14,15)16/h1-3,7H,4-5H2. The summed E-state index contributed by atoms with van der Waals surface area (Å²) in [7, 11) is 0. The molecule has 0 aliphatic carbocycles. The molecule has 1 unspecified atom stereocenters. The first kappa shape index (κ1) is 13.9. The maximum atomic E-state index is 12.5. The summed E-state index contributed by atoms with van der Waals surface area (Å²) in [6.45, 7) is 0.461. The average molecular weight is 387 g/mol. The molecular formula is C11H8Br2F3NO. The van der Waals surface area contributed by atoms with Crippen molar-refractivity contribution < 1.29 is 18.0 Å². The van der Waals surface area contributed by atoms with Gasteiger partial charge in [0, 0.05) is 22.3 Å². The van der Waals surface area contributed by atoms with Gasteiger partial charge >= 0.3 is 6.18 Å². The minimum Gasteiger partial charge on any atom is -0.310 e. The Hall–Kier alpha value is -0.560. The van der Waals surface area contributed by atoms with E-state index in [2.05, 4.69) is 31.9 Å². The molecule has 0 N–H and O–H groups in total. The molecule has 18 heavy (non-hydrogen) atoms. The number of alkyl halides is 4. The summed E-state index contributed by atoms with van der Waals surface area (Å²) in [5.74, 6) is -0.0997. The van der Waals surface area contributed by atoms with E-state index in [1.807, 2.05) is 0 Å². The van der Waals surface area contributed by atoms with E-state index >= 15 is 0 Å². The molecule has 1 amide bonds. The van der Waals surface area contributed by atoms with Crippen LogP contribution in [0.25, 0.3) is 0 Å². The van der Waals surface area contributed by atoms with E-state index in [0.29, 0.717) is 18.7 Å². The minimum atomic E-state index is -4.38. The molecule has 1 saturated heterocycles. The lowest BCUT2D eigenvalue weighted by Crippen LogP contribution is -2.25. The van der Waals surface area contributed by atoms with E-state index in [1.54, 1.807) is 0 Å². The summed E-state index contributed by atoms with van der Waals surface area (Å²) in [6.07, 6.45) is -4.03. The molecule has 2 rings (SSSR count). The summed E-state index contributed by atoms with van der Waals surface area (Å²) >= 11 is 6.42. The van der Waals surface area contributed by atoms with Crippen LogP contribution in [-0.4, -0.2) is 17.3 Å². The van der Waals surface area contributed by atoms with Gasteiger partial charge in [0.05, 0.1) is 11.3 Å². The summed E-state index contributed by atoms with van der Waals surface area (Å²) in [6, 6.07) is 3.29. The Morgan fingerprint density at radius 1 is 1.33 bits per heavy atom. The summed E-state index contributed by atoms with van der Waals surface area (Å²) in [4.78, 5) is 13.2. The number of rotatable bonds is 1. The first-order valence-corrected chi connectivity index (χ1v) is 6.81. The molecular weight excluding hydrogens is 379 g/mol. The van der Waals surface area contributed by atoms with Crippen LogP contribution in [0.2, 0.25) is 0 Å². The van der Waals surface area contributed by atoms with Crippen molar-refractivity contribution >= 4 is 43.5 Å². The third-order valence-electron chi connectivity index (χ3n) is 2.64. The fourth-order valence-corrected chi connectivity index (χ4v) is 2.96. The van der Waals surface area contributed by atoms with E-state index in [-0.39, 0.29) is 15.2 Å². The predicted octanol–water partition coefficient (Wildman–Crippen LogP) is 3.97. The van der Waals surface area contributed by atoms with Crippen molar-refractivity contribution in [1.29, 1.82) is 0 Å². The third-order valence-corrected chi connectivity index (χ3v) is 3.89. The zero-order valence-corrected chi connectivity index (χ0v) is 12.1. The molecule has 0 spiro atoms. The van der Waals surface area contributed by atoms with Gasteiger partial charge in [0.15, 0.2) is 0 Å². The normalized spacial score (nSPS) is 20.6. The van der Waals surface area contributed by atoms with Gasteiger partial charge in [0.1, 0.15) is 0 Å². The zero-order valence-electron chi connectivity index (χ0n) is 8.97. The molecule has 2 nitrogen and oxygen atoms in total. The second-order valence-electron chi connectivity index (χ2n) is 3.97. The monoisotopic (exact) mass is 385 g/mol. The van der Waals surface area contributed by atoms with E-state index < -0.39 is 11.7 Å². The number of hydrogen-bond acceptors (Lipinski definition) is 1. The van der Waals surface area contributed by atoms with Gasteiger partial charge in [-0.1, -0.05) is 15.9 Å². The SMILES string of the molecule is O=C1CC(Br)CN1c1ccc(C(F)(F)F)cc1Br. The van der Waals surface area contributed by atoms with Gasteiger partial charge in [-0.3, -0.25) is 4.79 Å². The molecule has 1 aromatic carbocycles. The largest absolute Gasteiger partial charge is 0.416 e. The van der Waals surface area contributed by atoms with Crippen molar-refractivity contribution in [2.24, 2.45) is 0 Å². The Morgan fingerprint density at radius 3 is 2.44 bits per heavy atom. The molecule has 1 aliphatic heterocycles. The Bertz CT molecular complexity index is 490. The smallest absolute Gasteiger partial charge is 0.310 e. The first-order chi connectivity index (χ1) is 8.29. The molecule has 1 fully saturated rings. The summed E-state index contributed by atoms with van der Waals surface area (Å²) in [5.41, 5.74) is -0.268. The first-order valence-electron chi connectivity index (χ1n) is 5.10. The maximum Gasteiger partial charge on any atom is 0.416 e. The fourth-order valence-electron chi connectivity index (χ4n) is 1.80. The van der Waals surface area contributed by atoms with Gasteiger partial charge in [-0.05, 0) is 34.1 Å². The molecule has 1 aliphatic rings. The lowest BCUT2D eigenvalue weighted by atomic mass is 10.2. The van der Waals surface area contributed by atoms with Crippen LogP contribution in [0.4, 0.5) is 18.9 Å². The Balaban J connectivity index is 2.34. The highest BCUT2D eigenvalue weighted by Crippen LogP contribution is 2.37. The van der Waals surface area contributed by atoms with Gasteiger partial charge in [0.2, 0.25) is 5.91 Å². The number of anilines is 1. The molecule has 0 aromatic heterocycles. The van der Waals surface area contributed by atoms with E-state index in [4.69, 9.17) is 0 Å². The maximum absolute atomic E-state index is 12.5. The summed E-state index contributed by atoms with van der Waals surface area (Å²) < 4.78 is 37.8. The van der Waals surface area contributed by atoms with Crippen molar-refractivity contribution in [2.45, 2.75) is 17.4 Å². The lowest BCUT2D eigenvalue weighted by molar-refractivity contribution is -0.137. The van der Waals surface area contributed by atoms with Crippen molar-refractivity contribution in [3.63, 3.8) is 0 Å². The number of carbonyl (C=O) groups excluding carboxylic acids is 1. The van der Waals surface area contributed by atoms with Crippen molar-refractivity contribution in [3.8, 4) is 0 Å². The molecule has 0 radical (unpaired) electrons. The number of amides is 1. The predicted molar refractivity (Wildman–Crippen MR) is 68.8 cm³/mol. The van der Waals surface area contributed by atoms with Crippen LogP contribution in [0.15, 0.2) is 22.7 Å². The van der Waals surface area contributed by atoms with Crippen LogP contribution >= 0.6 is 31.9 Å². The van der Waals surface area contributed by atoms with Crippen LogP contribution in [-0.2, 0) is 11.0 Å². The van der Waals surface area contributed by atoms with Crippen molar-refractivity contribution in [3.05, 3.63) is 28.2 Å². The highest BCUT2D eigenvalue weighted by atomic mass is 79.9.